The van der Waals surface area contributed by atoms with Gasteiger partial charge in [0.2, 0.25) is 5.17 Å². The topological polar surface area (TPSA) is 96.6 Å². The molecule has 0 fully saturated rings. The van der Waals surface area contributed by atoms with Gasteiger partial charge in [-0.1, -0.05) is 37.6 Å². The molecular formula is C27H30N4O4S. The van der Waals surface area contributed by atoms with E-state index in [-0.39, 0.29) is 17.3 Å². The molecule has 1 N–H and O–H groups in total. The predicted molar refractivity (Wildman–Crippen MR) is 144 cm³/mol. The number of amidine groups is 2. The van der Waals surface area contributed by atoms with Gasteiger partial charge >= 0.3 is 0 Å². The highest BCUT2D eigenvalue weighted by Gasteiger charge is 2.36. The number of hydrazone groups is 1. The quantitative estimate of drug-likeness (QED) is 0.360. The van der Waals surface area contributed by atoms with E-state index >= 15 is 0 Å². The van der Waals surface area contributed by atoms with Crippen LogP contribution >= 0.6 is 11.8 Å². The maximum Gasteiger partial charge on any atom is 0.283 e. The van der Waals surface area contributed by atoms with Crippen LogP contribution in [0.25, 0.3) is 6.08 Å². The van der Waals surface area contributed by atoms with Gasteiger partial charge in [-0.3, -0.25) is 10.2 Å². The fourth-order valence-corrected chi connectivity index (χ4v) is 4.57. The van der Waals surface area contributed by atoms with E-state index in [1.165, 1.54) is 22.3 Å². The molecule has 2 aliphatic rings. The number of aryl methyl sites for hydroxylation is 2. The van der Waals surface area contributed by atoms with Crippen molar-refractivity contribution < 1.29 is 19.0 Å². The highest BCUT2D eigenvalue weighted by atomic mass is 32.2. The summed E-state index contributed by atoms with van der Waals surface area (Å²) in [5.74, 6) is 1.70. The van der Waals surface area contributed by atoms with E-state index in [0.717, 1.165) is 16.4 Å². The number of thioether (sulfide) groups is 1. The first-order chi connectivity index (χ1) is 17.3. The monoisotopic (exact) mass is 506 g/mol. The van der Waals surface area contributed by atoms with E-state index in [0.29, 0.717) is 42.1 Å². The Balaban J connectivity index is 1.47. The minimum atomic E-state index is -0.458. The van der Waals surface area contributed by atoms with Gasteiger partial charge in [0.15, 0.2) is 17.3 Å². The molecule has 0 saturated heterocycles. The van der Waals surface area contributed by atoms with Crippen LogP contribution < -0.4 is 14.2 Å². The largest absolute Gasteiger partial charge is 0.490 e. The second-order valence-corrected chi connectivity index (χ2v) is 9.71. The summed E-state index contributed by atoms with van der Waals surface area (Å²) in [6.07, 6.45) is 1.63. The van der Waals surface area contributed by atoms with Gasteiger partial charge in [-0.25, -0.2) is 0 Å². The van der Waals surface area contributed by atoms with E-state index in [1.54, 1.807) is 18.2 Å². The Kier molecular flexibility index (Phi) is 7.79. The number of benzene rings is 2. The number of aliphatic imine (C=N–C) groups is 1. The molecular weight excluding hydrogens is 476 g/mol. The predicted octanol–water partition coefficient (Wildman–Crippen LogP) is 5.44. The third-order valence-corrected chi connectivity index (χ3v) is 6.68. The summed E-state index contributed by atoms with van der Waals surface area (Å²) in [5.41, 5.74) is 3.15. The zero-order valence-electron chi connectivity index (χ0n) is 21.1. The lowest BCUT2D eigenvalue weighted by molar-refractivity contribution is -0.114. The van der Waals surface area contributed by atoms with Crippen molar-refractivity contribution in [2.75, 3.05) is 19.8 Å². The van der Waals surface area contributed by atoms with Crippen molar-refractivity contribution in [2.24, 2.45) is 16.0 Å². The SMILES string of the molecule is CCOc1cc(/C=C2\C(=N)N3N=C(C(C)C)SC3=NC2=O)ccc1OCCOc1ccc(C)cc1C. The van der Waals surface area contributed by atoms with E-state index < -0.39 is 5.91 Å². The van der Waals surface area contributed by atoms with Gasteiger partial charge in [-0.05, 0) is 67.9 Å². The summed E-state index contributed by atoms with van der Waals surface area (Å²) in [6.45, 7) is 11.2. The van der Waals surface area contributed by atoms with E-state index in [4.69, 9.17) is 19.6 Å². The lowest BCUT2D eigenvalue weighted by Gasteiger charge is -2.20. The molecule has 2 aliphatic heterocycles. The molecule has 2 aromatic rings. The van der Waals surface area contributed by atoms with Crippen LogP contribution in [0.1, 0.15) is 37.5 Å². The van der Waals surface area contributed by atoms with Crippen LogP contribution in [-0.4, -0.2) is 46.8 Å². The molecule has 8 nitrogen and oxygen atoms in total. The molecule has 2 aromatic carbocycles. The highest BCUT2D eigenvalue weighted by Crippen LogP contribution is 2.33. The minimum Gasteiger partial charge on any atom is -0.490 e. The first-order valence-corrected chi connectivity index (χ1v) is 12.7. The van der Waals surface area contributed by atoms with Crippen molar-refractivity contribution in [3.8, 4) is 17.2 Å². The molecule has 2 heterocycles. The molecule has 9 heteroatoms. The van der Waals surface area contributed by atoms with Crippen LogP contribution in [0.5, 0.6) is 17.2 Å². The lowest BCUT2D eigenvalue weighted by Crippen LogP contribution is -2.35. The standard InChI is InChI=1S/C27H30N4O4S/c1-6-33-23-15-19(8-10-22(23)35-12-11-34-21-9-7-17(4)13-18(21)5)14-20-24(28)31-27(29-25(20)32)36-26(30-31)16(2)3/h7-10,13-16,28H,6,11-12H2,1-5H3/b20-14+,28-24?. The maximum absolute atomic E-state index is 12.7. The Morgan fingerprint density at radius 3 is 2.44 bits per heavy atom. The van der Waals surface area contributed by atoms with Gasteiger partial charge < -0.3 is 14.2 Å². The van der Waals surface area contributed by atoms with Gasteiger partial charge in [-0.2, -0.15) is 15.1 Å². The molecule has 0 saturated carbocycles. The van der Waals surface area contributed by atoms with Gasteiger partial charge in [-0.15, -0.1) is 0 Å². The van der Waals surface area contributed by atoms with Crippen molar-refractivity contribution in [1.82, 2.24) is 5.01 Å². The number of nitrogens with zero attached hydrogens (tertiary/aromatic N) is 3. The van der Waals surface area contributed by atoms with Gasteiger partial charge in [0.1, 0.15) is 24.0 Å². The molecule has 36 heavy (non-hydrogen) atoms. The molecule has 1 amide bonds. The Hall–Kier alpha value is -3.59. The second kappa shape index (κ2) is 11.0. The molecule has 4 rings (SSSR count). The number of hydrogen-bond donors (Lipinski definition) is 1. The number of carbonyl (C=O) groups excluding carboxylic acids is 1. The second-order valence-electron chi connectivity index (χ2n) is 8.72. The number of fused-ring (bicyclic) bond motifs is 1. The lowest BCUT2D eigenvalue weighted by atomic mass is 10.1. The van der Waals surface area contributed by atoms with Crippen LogP contribution in [0.15, 0.2) is 52.1 Å². The average molecular weight is 507 g/mol. The van der Waals surface area contributed by atoms with Gasteiger partial charge in [0.05, 0.1) is 12.2 Å². The number of nitrogens with one attached hydrogen (secondary N) is 1. The number of hydrogen-bond acceptors (Lipinski definition) is 7. The van der Waals surface area contributed by atoms with E-state index in [9.17, 15) is 4.79 Å². The molecule has 0 bridgehead atoms. The molecule has 188 valence electrons. The number of carbonyl (C=O) groups is 1. The summed E-state index contributed by atoms with van der Waals surface area (Å²) in [7, 11) is 0. The van der Waals surface area contributed by atoms with Crippen LogP contribution in [0.2, 0.25) is 0 Å². The number of rotatable bonds is 9. The van der Waals surface area contributed by atoms with Crippen LogP contribution in [0, 0.1) is 25.2 Å². The molecule has 0 radical (unpaired) electrons. The average Bonchev–Trinajstić information content (AvgIpc) is 3.26. The Labute approximate surface area is 215 Å². The summed E-state index contributed by atoms with van der Waals surface area (Å²) < 4.78 is 17.6. The highest BCUT2D eigenvalue weighted by molar-refractivity contribution is 8.27. The Morgan fingerprint density at radius 1 is 1.03 bits per heavy atom. The third kappa shape index (κ3) is 5.62. The Morgan fingerprint density at radius 2 is 1.75 bits per heavy atom. The Bertz CT molecular complexity index is 1280. The summed E-state index contributed by atoms with van der Waals surface area (Å²) in [6, 6.07) is 11.5. The molecule has 0 unspecified atom stereocenters. The van der Waals surface area contributed by atoms with Crippen molar-refractivity contribution >= 4 is 39.8 Å². The zero-order chi connectivity index (χ0) is 25.8. The van der Waals surface area contributed by atoms with Crippen LogP contribution in [-0.2, 0) is 4.79 Å². The van der Waals surface area contributed by atoms with Gasteiger partial charge in [0.25, 0.3) is 5.91 Å². The minimum absolute atomic E-state index is 0.00924. The first-order valence-electron chi connectivity index (χ1n) is 11.9. The van der Waals surface area contributed by atoms with Crippen molar-refractivity contribution in [2.45, 2.75) is 34.6 Å². The summed E-state index contributed by atoms with van der Waals surface area (Å²) in [5, 5.41) is 15.7. The molecule has 0 atom stereocenters. The first kappa shape index (κ1) is 25.5. The third-order valence-electron chi connectivity index (χ3n) is 5.47. The summed E-state index contributed by atoms with van der Waals surface area (Å²) in [4.78, 5) is 16.8. The van der Waals surface area contributed by atoms with Crippen molar-refractivity contribution in [3.05, 3.63) is 58.7 Å². The fourth-order valence-electron chi connectivity index (χ4n) is 3.67. The van der Waals surface area contributed by atoms with Gasteiger partial charge in [0, 0.05) is 5.92 Å². The molecule has 0 aromatic heterocycles. The van der Waals surface area contributed by atoms with Crippen molar-refractivity contribution in [1.29, 1.82) is 5.41 Å². The maximum atomic E-state index is 12.7. The summed E-state index contributed by atoms with van der Waals surface area (Å²) >= 11 is 1.33. The molecule has 0 spiro atoms. The smallest absolute Gasteiger partial charge is 0.283 e. The fraction of sp³-hybridized carbons (Fsp3) is 0.333. The van der Waals surface area contributed by atoms with Crippen LogP contribution in [0.3, 0.4) is 0 Å². The number of amides is 1. The zero-order valence-corrected chi connectivity index (χ0v) is 21.9. The molecule has 0 aliphatic carbocycles. The van der Waals surface area contributed by atoms with Crippen LogP contribution in [0.4, 0.5) is 0 Å². The van der Waals surface area contributed by atoms with E-state index in [2.05, 4.69) is 16.2 Å². The number of ether oxygens (including phenoxy) is 3. The normalized spacial score (nSPS) is 16.3. The van der Waals surface area contributed by atoms with Crippen molar-refractivity contribution in [3.63, 3.8) is 0 Å². The van der Waals surface area contributed by atoms with E-state index in [1.807, 2.05) is 52.8 Å².